The second-order valence-electron chi connectivity index (χ2n) is 8.89. The summed E-state index contributed by atoms with van der Waals surface area (Å²) in [5, 5.41) is 0.667. The summed E-state index contributed by atoms with van der Waals surface area (Å²) in [7, 11) is 0. The Kier molecular flexibility index (Phi) is 8.24. The molecule has 2 aliphatic heterocycles. The average Bonchev–Trinajstić information content (AvgIpc) is 3.18. The number of benzene rings is 1. The molecule has 0 aliphatic carbocycles. The van der Waals surface area contributed by atoms with E-state index in [1.807, 2.05) is 31.2 Å². The summed E-state index contributed by atoms with van der Waals surface area (Å²) in [6.45, 7) is 7.65. The predicted molar refractivity (Wildman–Crippen MR) is 136 cm³/mol. The van der Waals surface area contributed by atoms with Crippen LogP contribution in [0, 0.1) is 12.8 Å². The SMILES string of the molecule is Cc1nc(N2CCN(CCF)CC2)c2nc(-c3ccccc3Cl)n(CC3CCCOC3)c2n1.Cl. The number of imidazole rings is 1. The van der Waals surface area contributed by atoms with Gasteiger partial charge in [-0.15, -0.1) is 12.4 Å². The molecule has 1 unspecified atom stereocenters. The number of halogens is 3. The Morgan fingerprint density at radius 2 is 1.91 bits per heavy atom. The lowest BCUT2D eigenvalue weighted by Gasteiger charge is -2.35. The standard InChI is InChI=1S/C24H30ClFN6O.ClH/c1-17-27-23(31-12-10-30(9-8-26)11-13-31)21-24(28-17)32(15-18-5-4-14-33-16-18)22(29-21)19-6-2-3-7-20(19)25;/h2-3,6-7,18H,4-5,8-16H2,1H3;1H. The zero-order valence-electron chi connectivity index (χ0n) is 19.4. The summed E-state index contributed by atoms with van der Waals surface area (Å²) in [6, 6.07) is 7.82. The number of anilines is 1. The number of fused-ring (bicyclic) bond motifs is 1. The summed E-state index contributed by atoms with van der Waals surface area (Å²) in [6.07, 6.45) is 2.19. The number of hydrogen-bond acceptors (Lipinski definition) is 6. The molecule has 3 aromatic rings. The Morgan fingerprint density at radius 1 is 1.12 bits per heavy atom. The van der Waals surface area contributed by atoms with Gasteiger partial charge < -0.3 is 14.2 Å². The molecule has 10 heteroatoms. The van der Waals surface area contributed by atoms with Crippen LogP contribution in [-0.4, -0.2) is 77.0 Å². The van der Waals surface area contributed by atoms with Crippen molar-refractivity contribution < 1.29 is 9.13 Å². The van der Waals surface area contributed by atoms with Gasteiger partial charge in [-0.2, -0.15) is 0 Å². The van der Waals surface area contributed by atoms with Gasteiger partial charge in [0.1, 0.15) is 18.3 Å². The third-order valence-electron chi connectivity index (χ3n) is 6.57. The van der Waals surface area contributed by atoms with Crippen LogP contribution in [0.25, 0.3) is 22.6 Å². The van der Waals surface area contributed by atoms with Gasteiger partial charge in [0.25, 0.3) is 0 Å². The minimum absolute atomic E-state index is 0. The summed E-state index contributed by atoms with van der Waals surface area (Å²) >= 11 is 6.61. The summed E-state index contributed by atoms with van der Waals surface area (Å²) < 4.78 is 20.7. The van der Waals surface area contributed by atoms with Crippen molar-refractivity contribution in [2.24, 2.45) is 5.92 Å². The van der Waals surface area contributed by atoms with Gasteiger partial charge in [-0.3, -0.25) is 4.90 Å². The number of rotatable bonds is 6. The highest BCUT2D eigenvalue weighted by Crippen LogP contribution is 2.34. The van der Waals surface area contributed by atoms with Crippen LogP contribution < -0.4 is 4.90 Å². The van der Waals surface area contributed by atoms with Crippen LogP contribution in [0.2, 0.25) is 5.02 Å². The van der Waals surface area contributed by atoms with E-state index in [4.69, 9.17) is 31.3 Å². The van der Waals surface area contributed by atoms with Crippen molar-refractivity contribution in [2.75, 3.05) is 57.5 Å². The fourth-order valence-corrected chi connectivity index (χ4v) is 5.07. The Hall–Kier alpha value is -2.00. The largest absolute Gasteiger partial charge is 0.381 e. The molecule has 0 radical (unpaired) electrons. The average molecular weight is 509 g/mol. The van der Waals surface area contributed by atoms with E-state index < -0.39 is 0 Å². The van der Waals surface area contributed by atoms with Crippen LogP contribution in [0.1, 0.15) is 18.7 Å². The third-order valence-corrected chi connectivity index (χ3v) is 6.90. The number of hydrogen-bond donors (Lipinski definition) is 0. The van der Waals surface area contributed by atoms with Gasteiger partial charge in [-0.05, 0) is 31.9 Å². The minimum atomic E-state index is -0.312. The number of nitrogens with zero attached hydrogens (tertiary/aromatic N) is 6. The van der Waals surface area contributed by atoms with E-state index in [0.29, 0.717) is 17.5 Å². The fourth-order valence-electron chi connectivity index (χ4n) is 4.85. The minimum Gasteiger partial charge on any atom is -0.381 e. The Labute approximate surface area is 210 Å². The molecule has 1 aromatic carbocycles. The number of ether oxygens (including phenoxy) is 1. The van der Waals surface area contributed by atoms with Crippen molar-refractivity contribution in [3.63, 3.8) is 0 Å². The molecule has 0 N–H and O–H groups in total. The zero-order valence-corrected chi connectivity index (χ0v) is 21.0. The van der Waals surface area contributed by atoms with Crippen LogP contribution in [-0.2, 0) is 11.3 Å². The van der Waals surface area contributed by atoms with E-state index in [2.05, 4.69) is 14.4 Å². The number of aromatic nitrogens is 4. The quantitative estimate of drug-likeness (QED) is 0.491. The van der Waals surface area contributed by atoms with Crippen LogP contribution in [0.4, 0.5) is 10.2 Å². The highest BCUT2D eigenvalue weighted by molar-refractivity contribution is 6.33. The van der Waals surface area contributed by atoms with E-state index in [-0.39, 0.29) is 19.1 Å². The Balaban J connectivity index is 0.00000274. The molecule has 0 spiro atoms. The molecule has 2 aliphatic rings. The molecule has 2 saturated heterocycles. The number of alkyl halides is 1. The maximum absolute atomic E-state index is 12.8. The highest BCUT2D eigenvalue weighted by atomic mass is 35.5. The lowest BCUT2D eigenvalue weighted by atomic mass is 10.0. The Morgan fingerprint density at radius 3 is 2.62 bits per heavy atom. The van der Waals surface area contributed by atoms with Gasteiger partial charge >= 0.3 is 0 Å². The molecule has 0 bridgehead atoms. The molecule has 34 heavy (non-hydrogen) atoms. The Bertz CT molecular complexity index is 1110. The van der Waals surface area contributed by atoms with Gasteiger partial charge in [0.05, 0.1) is 11.6 Å². The van der Waals surface area contributed by atoms with Crippen molar-refractivity contribution in [2.45, 2.75) is 26.3 Å². The van der Waals surface area contributed by atoms with Crippen molar-refractivity contribution in [3.05, 3.63) is 35.1 Å². The molecule has 2 aromatic heterocycles. The first-order valence-electron chi connectivity index (χ1n) is 11.7. The maximum atomic E-state index is 12.8. The molecule has 2 fully saturated rings. The van der Waals surface area contributed by atoms with E-state index in [9.17, 15) is 4.39 Å². The van der Waals surface area contributed by atoms with Gasteiger partial charge in [0.2, 0.25) is 0 Å². The maximum Gasteiger partial charge on any atom is 0.166 e. The number of piperazine rings is 1. The monoisotopic (exact) mass is 508 g/mol. The molecule has 0 amide bonds. The molecule has 4 heterocycles. The van der Waals surface area contributed by atoms with Crippen molar-refractivity contribution in [1.29, 1.82) is 0 Å². The summed E-state index contributed by atoms with van der Waals surface area (Å²) in [5.74, 6) is 2.79. The van der Waals surface area contributed by atoms with Crippen LogP contribution in [0.3, 0.4) is 0 Å². The van der Waals surface area contributed by atoms with E-state index in [0.717, 1.165) is 93.0 Å². The van der Waals surface area contributed by atoms with Gasteiger partial charge in [-0.1, -0.05) is 23.7 Å². The van der Waals surface area contributed by atoms with Crippen LogP contribution in [0.15, 0.2) is 24.3 Å². The van der Waals surface area contributed by atoms with Gasteiger partial charge in [-0.25, -0.2) is 19.3 Å². The van der Waals surface area contributed by atoms with Gasteiger partial charge in [0, 0.05) is 57.4 Å². The van der Waals surface area contributed by atoms with E-state index >= 15 is 0 Å². The first kappa shape index (κ1) is 25.1. The van der Waals surface area contributed by atoms with Crippen LogP contribution >= 0.6 is 24.0 Å². The lowest BCUT2D eigenvalue weighted by molar-refractivity contribution is 0.0489. The molecular weight excluding hydrogens is 478 g/mol. The van der Waals surface area contributed by atoms with Gasteiger partial charge in [0.15, 0.2) is 17.0 Å². The fraction of sp³-hybridized carbons (Fsp3) is 0.542. The van der Waals surface area contributed by atoms with Crippen LogP contribution in [0.5, 0.6) is 0 Å². The molecule has 7 nitrogen and oxygen atoms in total. The highest BCUT2D eigenvalue weighted by Gasteiger charge is 2.26. The molecule has 5 rings (SSSR count). The summed E-state index contributed by atoms with van der Waals surface area (Å²) in [4.78, 5) is 19.1. The molecule has 184 valence electrons. The van der Waals surface area contributed by atoms with E-state index in [1.54, 1.807) is 0 Å². The molecular formula is C24H31Cl2FN6O. The van der Waals surface area contributed by atoms with Crippen molar-refractivity contribution >= 4 is 41.0 Å². The second kappa shape index (κ2) is 11.2. The van der Waals surface area contributed by atoms with Crippen molar-refractivity contribution in [3.8, 4) is 11.4 Å². The molecule has 0 saturated carbocycles. The third kappa shape index (κ3) is 5.15. The predicted octanol–water partition coefficient (Wildman–Crippen LogP) is 4.40. The van der Waals surface area contributed by atoms with Crippen molar-refractivity contribution in [1.82, 2.24) is 24.4 Å². The second-order valence-corrected chi connectivity index (χ2v) is 9.30. The summed E-state index contributed by atoms with van der Waals surface area (Å²) in [5.41, 5.74) is 2.53. The first-order chi connectivity index (χ1) is 16.1. The zero-order chi connectivity index (χ0) is 22.8. The number of aryl methyl sites for hydroxylation is 1. The van der Waals surface area contributed by atoms with E-state index in [1.165, 1.54) is 0 Å². The smallest absolute Gasteiger partial charge is 0.166 e. The topological polar surface area (TPSA) is 59.3 Å². The molecule has 1 atom stereocenters. The normalized spacial score (nSPS) is 19.4. The lowest BCUT2D eigenvalue weighted by Crippen LogP contribution is -2.47. The first-order valence-corrected chi connectivity index (χ1v) is 12.1.